The van der Waals surface area contributed by atoms with Crippen molar-refractivity contribution in [2.75, 3.05) is 12.4 Å². The van der Waals surface area contributed by atoms with Crippen LogP contribution in [0.2, 0.25) is 5.02 Å². The number of hydrogen-bond acceptors (Lipinski definition) is 2. The van der Waals surface area contributed by atoms with Crippen LogP contribution in [0, 0.1) is 6.20 Å². The first kappa shape index (κ1) is 6.36. The molecule has 1 heterocycles. The third-order valence-electron chi connectivity index (χ3n) is 0.927. The van der Waals surface area contributed by atoms with Gasteiger partial charge in [0.1, 0.15) is 12.0 Å². The highest BCUT2D eigenvalue weighted by molar-refractivity contribution is 6.30. The zero-order chi connectivity index (χ0) is 6.69. The largest absolute Gasteiger partial charge is 0.373 e. The predicted octanol–water partition coefficient (Wildman–Crippen LogP) is 1.58. The van der Waals surface area contributed by atoms with Gasteiger partial charge in [0.2, 0.25) is 0 Å². The number of rotatable bonds is 1. The van der Waals surface area contributed by atoms with Crippen LogP contribution in [-0.2, 0) is 0 Å². The fourth-order valence-electron chi connectivity index (χ4n) is 0.479. The Morgan fingerprint density at radius 3 is 2.89 bits per heavy atom. The minimum atomic E-state index is 0.536. The summed E-state index contributed by atoms with van der Waals surface area (Å²) < 4.78 is 0. The van der Waals surface area contributed by atoms with Gasteiger partial charge in [0, 0.05) is 7.05 Å². The highest BCUT2D eigenvalue weighted by Gasteiger charge is 1.87. The average molecular weight is 142 g/mol. The van der Waals surface area contributed by atoms with Crippen molar-refractivity contribution in [2.24, 2.45) is 0 Å². The Balaban J connectivity index is 2.88. The molecule has 1 radical (unpaired) electrons. The number of nitrogens with zero attached hydrogens (tertiary/aromatic N) is 1. The molecule has 0 aromatic carbocycles. The first-order valence-electron chi connectivity index (χ1n) is 2.55. The van der Waals surface area contributed by atoms with Crippen molar-refractivity contribution in [1.29, 1.82) is 0 Å². The SMILES string of the molecule is CNc1ccc(Cl)[c]n1. The minimum Gasteiger partial charge on any atom is -0.373 e. The van der Waals surface area contributed by atoms with Crippen molar-refractivity contribution in [3.05, 3.63) is 23.4 Å². The zero-order valence-electron chi connectivity index (χ0n) is 4.98. The molecule has 47 valence electrons. The highest BCUT2D eigenvalue weighted by atomic mass is 35.5. The van der Waals surface area contributed by atoms with E-state index in [-0.39, 0.29) is 0 Å². The van der Waals surface area contributed by atoms with Gasteiger partial charge >= 0.3 is 0 Å². The van der Waals surface area contributed by atoms with Crippen LogP contribution in [0.25, 0.3) is 0 Å². The fourth-order valence-corrected chi connectivity index (χ4v) is 0.585. The molecule has 1 aromatic heterocycles. The number of anilines is 1. The van der Waals surface area contributed by atoms with Gasteiger partial charge in [-0.15, -0.1) is 0 Å². The number of hydrogen-bond donors (Lipinski definition) is 1. The van der Waals surface area contributed by atoms with Crippen LogP contribution in [-0.4, -0.2) is 12.0 Å². The van der Waals surface area contributed by atoms with Crippen molar-refractivity contribution in [3.8, 4) is 0 Å². The van der Waals surface area contributed by atoms with E-state index in [2.05, 4.69) is 16.5 Å². The van der Waals surface area contributed by atoms with Crippen LogP contribution < -0.4 is 5.32 Å². The van der Waals surface area contributed by atoms with Crippen molar-refractivity contribution < 1.29 is 0 Å². The second-order valence-corrected chi connectivity index (χ2v) is 1.95. The lowest BCUT2D eigenvalue weighted by Crippen LogP contribution is -1.89. The standard InChI is InChI=1S/C6H6ClN2/c1-8-6-3-2-5(7)4-9-6/h2-3H,1H3,(H,8,9). The molecule has 0 aliphatic rings. The molecule has 0 fully saturated rings. The van der Waals surface area contributed by atoms with E-state index in [1.807, 2.05) is 0 Å². The molecule has 1 rings (SSSR count). The quantitative estimate of drug-likeness (QED) is 0.642. The summed E-state index contributed by atoms with van der Waals surface area (Å²) >= 11 is 5.52. The van der Waals surface area contributed by atoms with E-state index in [4.69, 9.17) is 11.6 Å². The Labute approximate surface area is 58.9 Å². The highest BCUT2D eigenvalue weighted by Crippen LogP contribution is 2.07. The summed E-state index contributed by atoms with van der Waals surface area (Å²) in [6.07, 6.45) is 2.60. The van der Waals surface area contributed by atoms with E-state index in [9.17, 15) is 0 Å². The molecule has 1 aromatic rings. The van der Waals surface area contributed by atoms with Gasteiger partial charge in [-0.3, -0.25) is 0 Å². The van der Waals surface area contributed by atoms with E-state index >= 15 is 0 Å². The third kappa shape index (κ3) is 1.57. The fraction of sp³-hybridized carbons (Fsp3) is 0.167. The van der Waals surface area contributed by atoms with E-state index < -0.39 is 0 Å². The molecule has 0 spiro atoms. The van der Waals surface area contributed by atoms with Gasteiger partial charge in [-0.2, -0.15) is 0 Å². The van der Waals surface area contributed by atoms with Gasteiger partial charge in [-0.05, 0) is 12.1 Å². The van der Waals surface area contributed by atoms with Crippen LogP contribution in [0.5, 0.6) is 0 Å². The molecule has 9 heavy (non-hydrogen) atoms. The number of nitrogens with one attached hydrogen (secondary N) is 1. The molecule has 3 heteroatoms. The molecular formula is C6H6ClN2. The van der Waals surface area contributed by atoms with E-state index in [1.165, 1.54) is 0 Å². The molecule has 0 amide bonds. The first-order valence-corrected chi connectivity index (χ1v) is 2.92. The van der Waals surface area contributed by atoms with Crippen molar-refractivity contribution in [1.82, 2.24) is 4.98 Å². The normalized spacial score (nSPS) is 9.11. The average Bonchev–Trinajstić information content (AvgIpc) is 1.90. The van der Waals surface area contributed by atoms with Gasteiger partial charge in [0.15, 0.2) is 0 Å². The zero-order valence-corrected chi connectivity index (χ0v) is 5.74. The summed E-state index contributed by atoms with van der Waals surface area (Å²) in [6.45, 7) is 0. The van der Waals surface area contributed by atoms with Gasteiger partial charge in [-0.1, -0.05) is 11.6 Å². The Morgan fingerprint density at radius 2 is 2.44 bits per heavy atom. The molecule has 0 saturated heterocycles. The molecule has 0 atom stereocenters. The summed E-state index contributed by atoms with van der Waals surface area (Å²) in [7, 11) is 1.80. The molecule has 0 aliphatic heterocycles. The summed E-state index contributed by atoms with van der Waals surface area (Å²) in [5.74, 6) is 0.777. The smallest absolute Gasteiger partial charge is 0.126 e. The second-order valence-electron chi connectivity index (χ2n) is 1.54. The first-order chi connectivity index (χ1) is 4.33. The summed E-state index contributed by atoms with van der Waals surface area (Å²) in [5, 5.41) is 3.39. The van der Waals surface area contributed by atoms with Gasteiger partial charge in [0.05, 0.1) is 5.02 Å². The van der Waals surface area contributed by atoms with Gasteiger partial charge in [0.25, 0.3) is 0 Å². The van der Waals surface area contributed by atoms with Gasteiger partial charge < -0.3 is 5.32 Å². The van der Waals surface area contributed by atoms with Crippen LogP contribution in [0.3, 0.4) is 0 Å². The van der Waals surface area contributed by atoms with Gasteiger partial charge in [-0.25, -0.2) is 4.98 Å². The van der Waals surface area contributed by atoms with Crippen LogP contribution >= 0.6 is 11.6 Å². The molecule has 1 N–H and O–H groups in total. The van der Waals surface area contributed by atoms with Crippen LogP contribution in [0.1, 0.15) is 0 Å². The number of pyridine rings is 1. The molecule has 0 saturated carbocycles. The number of aromatic nitrogens is 1. The Hall–Kier alpha value is -0.760. The lowest BCUT2D eigenvalue weighted by molar-refractivity contribution is 1.27. The monoisotopic (exact) mass is 141 g/mol. The molecule has 2 nitrogen and oxygen atoms in total. The summed E-state index contributed by atoms with van der Waals surface area (Å²) in [4.78, 5) is 3.83. The topological polar surface area (TPSA) is 24.9 Å². The van der Waals surface area contributed by atoms with Crippen LogP contribution in [0.4, 0.5) is 5.82 Å². The van der Waals surface area contributed by atoms with Crippen molar-refractivity contribution >= 4 is 17.4 Å². The summed E-state index contributed by atoms with van der Waals surface area (Å²) in [5.41, 5.74) is 0. The molecule has 0 unspecified atom stereocenters. The Kier molecular flexibility index (Phi) is 1.90. The maximum atomic E-state index is 5.52. The van der Waals surface area contributed by atoms with Crippen molar-refractivity contribution in [2.45, 2.75) is 0 Å². The summed E-state index contributed by atoms with van der Waals surface area (Å²) in [6, 6.07) is 3.53. The third-order valence-corrected chi connectivity index (χ3v) is 1.14. The number of halogens is 1. The van der Waals surface area contributed by atoms with Crippen molar-refractivity contribution in [3.63, 3.8) is 0 Å². The van der Waals surface area contributed by atoms with E-state index in [1.54, 1.807) is 19.2 Å². The Bertz CT molecular complexity index is 183. The lowest BCUT2D eigenvalue weighted by atomic mass is 10.5. The van der Waals surface area contributed by atoms with E-state index in [0.717, 1.165) is 5.82 Å². The van der Waals surface area contributed by atoms with Crippen LogP contribution in [0.15, 0.2) is 12.1 Å². The maximum Gasteiger partial charge on any atom is 0.126 e. The maximum absolute atomic E-state index is 5.52. The molecule has 0 aliphatic carbocycles. The minimum absolute atomic E-state index is 0.536. The predicted molar refractivity (Wildman–Crippen MR) is 37.6 cm³/mol. The molecule has 0 bridgehead atoms. The van der Waals surface area contributed by atoms with E-state index in [0.29, 0.717) is 5.02 Å². The Morgan fingerprint density at radius 1 is 1.67 bits per heavy atom. The molecular weight excluding hydrogens is 136 g/mol. The lowest BCUT2D eigenvalue weighted by Gasteiger charge is -1.94. The second kappa shape index (κ2) is 2.69.